The summed E-state index contributed by atoms with van der Waals surface area (Å²) in [5.41, 5.74) is 1.18. The minimum absolute atomic E-state index is 0.0602. The standard InChI is InChI=1S/C13H18ClNO2S2/c1-9(8-19(2,16)17)15-12-5-6-18-13-4-3-10(14)7-11(12)13/h3-4,7,9,12,15H,5-6,8H2,1-2H3. The van der Waals surface area contributed by atoms with E-state index in [9.17, 15) is 8.42 Å². The molecule has 1 N–H and O–H groups in total. The molecule has 1 aromatic rings. The van der Waals surface area contributed by atoms with Crippen LogP contribution >= 0.6 is 23.4 Å². The van der Waals surface area contributed by atoms with Gasteiger partial charge in [0, 0.05) is 28.3 Å². The van der Waals surface area contributed by atoms with Crippen LogP contribution in [0.25, 0.3) is 0 Å². The van der Waals surface area contributed by atoms with Crippen molar-refractivity contribution in [3.05, 3.63) is 28.8 Å². The van der Waals surface area contributed by atoms with Crippen LogP contribution in [0.1, 0.15) is 24.9 Å². The number of hydrogen-bond donors (Lipinski definition) is 1. The summed E-state index contributed by atoms with van der Waals surface area (Å²) in [7, 11) is -2.95. The maximum Gasteiger partial charge on any atom is 0.148 e. The monoisotopic (exact) mass is 319 g/mol. The molecule has 0 amide bonds. The van der Waals surface area contributed by atoms with E-state index in [2.05, 4.69) is 5.32 Å². The third-order valence-corrected chi connectivity index (χ3v) is 5.51. The van der Waals surface area contributed by atoms with E-state index in [4.69, 9.17) is 11.6 Å². The Bertz CT molecular complexity index is 560. The minimum Gasteiger partial charge on any atom is -0.306 e. The Morgan fingerprint density at radius 1 is 1.53 bits per heavy atom. The number of sulfone groups is 1. The van der Waals surface area contributed by atoms with Crippen molar-refractivity contribution in [2.24, 2.45) is 0 Å². The summed E-state index contributed by atoms with van der Waals surface area (Å²) >= 11 is 7.88. The SMILES string of the molecule is CC(CS(C)(=O)=O)NC1CCSc2ccc(Cl)cc21. The molecule has 19 heavy (non-hydrogen) atoms. The van der Waals surface area contributed by atoms with Gasteiger partial charge in [0.05, 0.1) is 5.75 Å². The van der Waals surface area contributed by atoms with Crippen molar-refractivity contribution < 1.29 is 8.42 Å². The molecule has 2 unspecified atom stereocenters. The largest absolute Gasteiger partial charge is 0.306 e. The van der Waals surface area contributed by atoms with Gasteiger partial charge in [-0.05, 0) is 42.9 Å². The van der Waals surface area contributed by atoms with E-state index in [1.165, 1.54) is 16.7 Å². The van der Waals surface area contributed by atoms with Crippen LogP contribution in [0.15, 0.2) is 23.1 Å². The van der Waals surface area contributed by atoms with E-state index >= 15 is 0 Å². The molecule has 0 bridgehead atoms. The summed E-state index contributed by atoms with van der Waals surface area (Å²) in [5.74, 6) is 1.20. The van der Waals surface area contributed by atoms with E-state index in [1.807, 2.05) is 36.9 Å². The molecule has 0 aliphatic carbocycles. The lowest BCUT2D eigenvalue weighted by atomic mass is 10.0. The van der Waals surface area contributed by atoms with Crippen molar-refractivity contribution in [1.82, 2.24) is 5.32 Å². The number of nitrogens with one attached hydrogen (secondary N) is 1. The lowest BCUT2D eigenvalue weighted by Gasteiger charge is -2.28. The summed E-state index contributed by atoms with van der Waals surface area (Å²) in [6, 6.07) is 6.04. The van der Waals surface area contributed by atoms with Crippen molar-refractivity contribution in [1.29, 1.82) is 0 Å². The van der Waals surface area contributed by atoms with Crippen LogP contribution in [0.4, 0.5) is 0 Å². The quantitative estimate of drug-likeness (QED) is 0.927. The highest BCUT2D eigenvalue weighted by molar-refractivity contribution is 7.99. The van der Waals surface area contributed by atoms with E-state index < -0.39 is 9.84 Å². The number of benzene rings is 1. The van der Waals surface area contributed by atoms with Gasteiger partial charge in [-0.2, -0.15) is 0 Å². The third kappa shape index (κ3) is 4.38. The van der Waals surface area contributed by atoms with Gasteiger partial charge in [0.1, 0.15) is 9.84 Å². The molecular weight excluding hydrogens is 302 g/mol. The van der Waals surface area contributed by atoms with Gasteiger partial charge in [-0.1, -0.05) is 11.6 Å². The van der Waals surface area contributed by atoms with Crippen molar-refractivity contribution in [2.75, 3.05) is 17.8 Å². The van der Waals surface area contributed by atoms with Crippen molar-refractivity contribution >= 4 is 33.2 Å². The van der Waals surface area contributed by atoms with Crippen molar-refractivity contribution in [3.63, 3.8) is 0 Å². The molecule has 3 nitrogen and oxygen atoms in total. The summed E-state index contributed by atoms with van der Waals surface area (Å²) in [6.45, 7) is 1.91. The van der Waals surface area contributed by atoms with Gasteiger partial charge in [0.15, 0.2) is 0 Å². The highest BCUT2D eigenvalue weighted by Gasteiger charge is 2.23. The molecule has 1 aliphatic heterocycles. The van der Waals surface area contributed by atoms with E-state index in [0.717, 1.165) is 17.2 Å². The lowest BCUT2D eigenvalue weighted by molar-refractivity contribution is 0.458. The van der Waals surface area contributed by atoms with E-state index in [-0.39, 0.29) is 17.8 Å². The summed E-state index contributed by atoms with van der Waals surface area (Å²) in [6.07, 6.45) is 2.26. The molecule has 0 aromatic heterocycles. The molecule has 0 spiro atoms. The zero-order valence-corrected chi connectivity index (χ0v) is 13.4. The fourth-order valence-corrected chi connectivity index (χ4v) is 4.67. The second-order valence-electron chi connectivity index (χ2n) is 5.03. The van der Waals surface area contributed by atoms with E-state index in [1.54, 1.807) is 0 Å². The van der Waals surface area contributed by atoms with Crippen molar-refractivity contribution in [3.8, 4) is 0 Å². The maximum atomic E-state index is 11.3. The van der Waals surface area contributed by atoms with Gasteiger partial charge in [-0.3, -0.25) is 0 Å². The van der Waals surface area contributed by atoms with Crippen LogP contribution in [-0.4, -0.2) is 32.2 Å². The summed E-state index contributed by atoms with van der Waals surface area (Å²) in [5, 5.41) is 4.13. The van der Waals surface area contributed by atoms with Crippen LogP contribution in [0.3, 0.4) is 0 Å². The molecule has 2 rings (SSSR count). The van der Waals surface area contributed by atoms with Gasteiger partial charge >= 0.3 is 0 Å². The van der Waals surface area contributed by atoms with Gasteiger partial charge in [-0.15, -0.1) is 11.8 Å². The Hall–Kier alpha value is -0.230. The molecule has 1 heterocycles. The van der Waals surface area contributed by atoms with Crippen LogP contribution in [0.5, 0.6) is 0 Å². The van der Waals surface area contributed by atoms with Crippen LogP contribution in [-0.2, 0) is 9.84 Å². The third-order valence-electron chi connectivity index (χ3n) is 3.05. The molecule has 0 saturated heterocycles. The van der Waals surface area contributed by atoms with Gasteiger partial charge in [0.2, 0.25) is 0 Å². The van der Waals surface area contributed by atoms with E-state index in [0.29, 0.717) is 0 Å². The van der Waals surface area contributed by atoms with Crippen LogP contribution in [0, 0.1) is 0 Å². The predicted octanol–water partition coefficient (Wildman–Crippen LogP) is 2.90. The normalized spacial score (nSPS) is 20.9. The van der Waals surface area contributed by atoms with Crippen molar-refractivity contribution in [2.45, 2.75) is 30.3 Å². The average Bonchev–Trinajstić information content (AvgIpc) is 2.27. The molecular formula is C13H18ClNO2S2. The molecule has 0 radical (unpaired) electrons. The average molecular weight is 320 g/mol. The number of halogens is 1. The Balaban J connectivity index is 2.13. The smallest absolute Gasteiger partial charge is 0.148 e. The van der Waals surface area contributed by atoms with Gasteiger partial charge in [-0.25, -0.2) is 8.42 Å². The highest BCUT2D eigenvalue weighted by Crippen LogP contribution is 2.37. The predicted molar refractivity (Wildman–Crippen MR) is 81.8 cm³/mol. The first-order valence-electron chi connectivity index (χ1n) is 6.21. The first kappa shape index (κ1) is 15.2. The molecule has 1 aromatic carbocycles. The first-order chi connectivity index (χ1) is 8.85. The summed E-state index contributed by atoms with van der Waals surface area (Å²) in [4.78, 5) is 1.24. The Labute approximate surface area is 124 Å². The number of hydrogen-bond acceptors (Lipinski definition) is 4. The van der Waals surface area contributed by atoms with Crippen LogP contribution < -0.4 is 5.32 Å². The zero-order valence-electron chi connectivity index (χ0n) is 11.0. The number of fused-ring (bicyclic) bond motifs is 1. The Morgan fingerprint density at radius 2 is 2.26 bits per heavy atom. The highest BCUT2D eigenvalue weighted by atomic mass is 35.5. The summed E-state index contributed by atoms with van der Waals surface area (Å²) < 4.78 is 22.6. The zero-order chi connectivity index (χ0) is 14.0. The van der Waals surface area contributed by atoms with Gasteiger partial charge < -0.3 is 5.32 Å². The molecule has 1 aliphatic rings. The number of thioether (sulfide) groups is 1. The molecule has 2 atom stereocenters. The number of rotatable bonds is 4. The first-order valence-corrected chi connectivity index (χ1v) is 9.63. The lowest BCUT2D eigenvalue weighted by Crippen LogP contribution is -2.36. The topological polar surface area (TPSA) is 46.2 Å². The second kappa shape index (κ2) is 6.04. The second-order valence-corrected chi connectivity index (χ2v) is 8.79. The van der Waals surface area contributed by atoms with Gasteiger partial charge in [0.25, 0.3) is 0 Å². The Morgan fingerprint density at radius 3 is 2.95 bits per heavy atom. The molecule has 0 saturated carbocycles. The Kier molecular flexibility index (Phi) is 4.82. The maximum absolute atomic E-state index is 11.3. The fourth-order valence-electron chi connectivity index (χ4n) is 2.38. The van der Waals surface area contributed by atoms with Crippen LogP contribution in [0.2, 0.25) is 5.02 Å². The molecule has 6 heteroatoms. The molecule has 0 fully saturated rings. The minimum atomic E-state index is -2.95. The fraction of sp³-hybridized carbons (Fsp3) is 0.538. The molecule has 106 valence electrons.